The van der Waals surface area contributed by atoms with Crippen molar-refractivity contribution >= 4 is 42.1 Å². The first-order valence-corrected chi connectivity index (χ1v) is 10.0. The van der Waals surface area contributed by atoms with E-state index in [4.69, 9.17) is 0 Å². The number of aryl methyl sites for hydroxylation is 1. The molecule has 4 rings (SSSR count). The minimum absolute atomic E-state index is 0. The van der Waals surface area contributed by atoms with E-state index in [1.807, 2.05) is 10.3 Å². The quantitative estimate of drug-likeness (QED) is 0.801. The number of amides is 1. The van der Waals surface area contributed by atoms with Gasteiger partial charge in [-0.2, -0.15) is 0 Å². The lowest BCUT2D eigenvalue weighted by Crippen LogP contribution is -2.44. The Labute approximate surface area is 177 Å². The maximum absolute atomic E-state index is 12.6. The molecule has 2 saturated heterocycles. The van der Waals surface area contributed by atoms with E-state index in [2.05, 4.69) is 41.5 Å². The van der Waals surface area contributed by atoms with Gasteiger partial charge < -0.3 is 10.2 Å². The fourth-order valence-corrected chi connectivity index (χ4v) is 4.76. The van der Waals surface area contributed by atoms with Crippen molar-refractivity contribution in [2.45, 2.75) is 32.6 Å². The highest BCUT2D eigenvalue weighted by Gasteiger charge is 2.37. The largest absolute Gasteiger partial charge is 0.342 e. The van der Waals surface area contributed by atoms with Gasteiger partial charge in [0, 0.05) is 30.6 Å². The lowest BCUT2D eigenvalue weighted by atomic mass is 9.78. The maximum Gasteiger partial charge on any atom is 0.228 e. The molecular formula is C20H27Cl2N3OS. The summed E-state index contributed by atoms with van der Waals surface area (Å²) in [6.45, 7) is 6.14. The maximum atomic E-state index is 12.6. The molecule has 1 N–H and O–H groups in total. The number of aromatic nitrogens is 1. The summed E-state index contributed by atoms with van der Waals surface area (Å²) < 4.78 is 0. The van der Waals surface area contributed by atoms with Crippen molar-refractivity contribution in [1.29, 1.82) is 0 Å². The zero-order valence-corrected chi connectivity index (χ0v) is 18.0. The van der Waals surface area contributed by atoms with Crippen LogP contribution in [0.25, 0.3) is 10.6 Å². The fourth-order valence-electron chi connectivity index (χ4n) is 3.94. The summed E-state index contributed by atoms with van der Waals surface area (Å²) in [5.41, 5.74) is 3.73. The van der Waals surface area contributed by atoms with Crippen LogP contribution in [0.1, 0.15) is 30.5 Å². The summed E-state index contributed by atoms with van der Waals surface area (Å²) in [4.78, 5) is 19.3. The monoisotopic (exact) mass is 427 g/mol. The minimum Gasteiger partial charge on any atom is -0.342 e. The fraction of sp³-hybridized carbons (Fsp3) is 0.500. The van der Waals surface area contributed by atoms with Gasteiger partial charge in [-0.3, -0.25) is 4.79 Å². The molecule has 1 amide bonds. The molecule has 0 radical (unpaired) electrons. The average molecular weight is 428 g/mol. The standard InChI is InChI=1S/C20H25N3OS.2ClH/c1-15-2-4-16(5-3-15)19-22-17(13-25-19)12-18(24)23-10-7-20(8-11-23)6-9-21-14-20;;/h2-5,13,21H,6-12,14H2,1H3;2*1H. The molecule has 0 bridgehead atoms. The second-order valence-electron chi connectivity index (χ2n) is 7.49. The highest BCUT2D eigenvalue weighted by molar-refractivity contribution is 7.13. The number of thiazole rings is 1. The van der Waals surface area contributed by atoms with Crippen LogP contribution in [0.15, 0.2) is 29.6 Å². The van der Waals surface area contributed by atoms with Gasteiger partial charge in [-0.25, -0.2) is 4.98 Å². The minimum atomic E-state index is 0. The van der Waals surface area contributed by atoms with Crippen molar-refractivity contribution in [3.63, 3.8) is 0 Å². The van der Waals surface area contributed by atoms with Crippen molar-refractivity contribution in [3.8, 4) is 10.6 Å². The molecule has 2 aliphatic rings. The molecular weight excluding hydrogens is 401 g/mol. The van der Waals surface area contributed by atoms with Gasteiger partial charge in [0.25, 0.3) is 0 Å². The predicted molar refractivity (Wildman–Crippen MR) is 116 cm³/mol. The Kier molecular flexibility index (Phi) is 7.69. The molecule has 0 saturated carbocycles. The van der Waals surface area contributed by atoms with Gasteiger partial charge in [-0.05, 0) is 38.1 Å². The van der Waals surface area contributed by atoms with Crippen molar-refractivity contribution in [3.05, 3.63) is 40.9 Å². The Morgan fingerprint density at radius 3 is 2.52 bits per heavy atom. The van der Waals surface area contributed by atoms with Gasteiger partial charge in [0.1, 0.15) is 5.01 Å². The lowest BCUT2D eigenvalue weighted by Gasteiger charge is -2.38. The topological polar surface area (TPSA) is 45.2 Å². The number of hydrogen-bond donors (Lipinski definition) is 1. The SMILES string of the molecule is Cc1ccc(-c2nc(CC(=O)N3CCC4(CCNC4)CC3)cs2)cc1.Cl.Cl. The Hall–Kier alpha value is -1.14. The van der Waals surface area contributed by atoms with Gasteiger partial charge in [0.05, 0.1) is 12.1 Å². The van der Waals surface area contributed by atoms with Crippen LogP contribution in [0, 0.1) is 12.3 Å². The van der Waals surface area contributed by atoms with E-state index in [0.29, 0.717) is 11.8 Å². The first-order chi connectivity index (χ1) is 12.1. The molecule has 1 aromatic heterocycles. The zero-order valence-electron chi connectivity index (χ0n) is 15.6. The number of hydrogen-bond acceptors (Lipinski definition) is 4. The van der Waals surface area contributed by atoms with E-state index in [0.717, 1.165) is 55.3 Å². The number of benzene rings is 1. The first-order valence-electron chi connectivity index (χ1n) is 9.14. The summed E-state index contributed by atoms with van der Waals surface area (Å²) in [5.74, 6) is 0.224. The van der Waals surface area contributed by atoms with Crippen molar-refractivity contribution in [2.75, 3.05) is 26.2 Å². The molecule has 0 atom stereocenters. The molecule has 2 aromatic rings. The molecule has 2 aliphatic heterocycles. The van der Waals surface area contributed by atoms with Crippen LogP contribution in [0.2, 0.25) is 0 Å². The summed E-state index contributed by atoms with van der Waals surface area (Å²) >= 11 is 1.62. The second-order valence-corrected chi connectivity index (χ2v) is 8.35. The summed E-state index contributed by atoms with van der Waals surface area (Å²) in [6.07, 6.45) is 3.96. The third-order valence-electron chi connectivity index (χ3n) is 5.69. The number of nitrogens with zero attached hydrogens (tertiary/aromatic N) is 2. The van der Waals surface area contributed by atoms with Gasteiger partial charge in [-0.15, -0.1) is 36.2 Å². The van der Waals surface area contributed by atoms with E-state index < -0.39 is 0 Å². The number of likely N-dealkylation sites (tertiary alicyclic amines) is 1. The van der Waals surface area contributed by atoms with Crippen LogP contribution in [0.4, 0.5) is 0 Å². The normalized spacial score (nSPS) is 18.0. The molecule has 27 heavy (non-hydrogen) atoms. The molecule has 2 fully saturated rings. The van der Waals surface area contributed by atoms with Gasteiger partial charge >= 0.3 is 0 Å². The summed E-state index contributed by atoms with van der Waals surface area (Å²) in [5, 5.41) is 6.50. The van der Waals surface area contributed by atoms with Gasteiger partial charge in [0.15, 0.2) is 0 Å². The van der Waals surface area contributed by atoms with Crippen LogP contribution >= 0.6 is 36.2 Å². The van der Waals surface area contributed by atoms with Crippen molar-refractivity contribution < 1.29 is 4.79 Å². The van der Waals surface area contributed by atoms with E-state index in [1.165, 1.54) is 12.0 Å². The highest BCUT2D eigenvalue weighted by Crippen LogP contribution is 2.37. The van der Waals surface area contributed by atoms with E-state index in [1.54, 1.807) is 11.3 Å². The lowest BCUT2D eigenvalue weighted by molar-refractivity contribution is -0.132. The Morgan fingerprint density at radius 2 is 1.89 bits per heavy atom. The van der Waals surface area contributed by atoms with Gasteiger partial charge in [-0.1, -0.05) is 29.8 Å². The highest BCUT2D eigenvalue weighted by atomic mass is 35.5. The molecule has 0 unspecified atom stereocenters. The molecule has 3 heterocycles. The van der Waals surface area contributed by atoms with Crippen molar-refractivity contribution in [1.82, 2.24) is 15.2 Å². The Bertz CT molecular complexity index is 747. The third kappa shape index (κ3) is 5.02. The van der Waals surface area contributed by atoms with E-state index in [-0.39, 0.29) is 30.7 Å². The first kappa shape index (κ1) is 22.2. The molecule has 4 nitrogen and oxygen atoms in total. The molecule has 1 spiro atoms. The zero-order chi connectivity index (χ0) is 17.3. The summed E-state index contributed by atoms with van der Waals surface area (Å²) in [7, 11) is 0. The number of carbonyl (C=O) groups excluding carboxylic acids is 1. The third-order valence-corrected chi connectivity index (χ3v) is 6.63. The van der Waals surface area contributed by atoms with Crippen LogP contribution < -0.4 is 5.32 Å². The van der Waals surface area contributed by atoms with E-state index >= 15 is 0 Å². The van der Waals surface area contributed by atoms with Crippen molar-refractivity contribution in [2.24, 2.45) is 5.41 Å². The second kappa shape index (κ2) is 9.37. The van der Waals surface area contributed by atoms with Crippen LogP contribution in [0.3, 0.4) is 0 Å². The van der Waals surface area contributed by atoms with Gasteiger partial charge in [0.2, 0.25) is 5.91 Å². The number of rotatable bonds is 3. The smallest absolute Gasteiger partial charge is 0.228 e. The molecule has 1 aromatic carbocycles. The number of carbonyl (C=O) groups is 1. The Balaban J connectivity index is 0.00000131. The number of piperidine rings is 1. The van der Waals surface area contributed by atoms with Crippen LogP contribution in [-0.4, -0.2) is 42.0 Å². The number of nitrogens with one attached hydrogen (secondary N) is 1. The van der Waals surface area contributed by atoms with Crippen LogP contribution in [0.5, 0.6) is 0 Å². The number of halogens is 2. The predicted octanol–water partition coefficient (Wildman–Crippen LogP) is 4.11. The van der Waals surface area contributed by atoms with Crippen LogP contribution in [-0.2, 0) is 11.2 Å². The van der Waals surface area contributed by atoms with E-state index in [9.17, 15) is 4.79 Å². The Morgan fingerprint density at radius 1 is 1.19 bits per heavy atom. The summed E-state index contributed by atoms with van der Waals surface area (Å²) in [6, 6.07) is 8.39. The molecule has 7 heteroatoms. The average Bonchev–Trinajstić information content (AvgIpc) is 3.26. The molecule has 148 valence electrons. The molecule has 0 aliphatic carbocycles.